The van der Waals surface area contributed by atoms with Gasteiger partial charge in [-0.05, 0) is 32.9 Å². The van der Waals surface area contributed by atoms with Crippen LogP contribution in [-0.4, -0.2) is 40.1 Å². The lowest BCUT2D eigenvalue weighted by Crippen LogP contribution is -2.46. The van der Waals surface area contributed by atoms with Gasteiger partial charge in [-0.15, -0.1) is 6.58 Å². The average molecular weight is 278 g/mol. The average Bonchev–Trinajstić information content (AvgIpc) is 2.30. The highest BCUT2D eigenvalue weighted by atomic mass is 32.2. The third-order valence-electron chi connectivity index (χ3n) is 2.10. The minimum absolute atomic E-state index is 0.659. The van der Waals surface area contributed by atoms with Crippen molar-refractivity contribution in [3.05, 3.63) is 12.7 Å². The molecule has 0 aliphatic carbocycles. The first-order valence-corrected chi connectivity index (χ1v) is 9.43. The van der Waals surface area contributed by atoms with Gasteiger partial charge >= 0.3 is 8.80 Å². The Balaban J connectivity index is 4.08. The van der Waals surface area contributed by atoms with E-state index in [4.69, 9.17) is 13.3 Å². The van der Waals surface area contributed by atoms with Crippen LogP contribution in [0.1, 0.15) is 27.2 Å². The quantitative estimate of drug-likeness (QED) is 0.311. The standard InChI is InChI=1S/C12H26O3SSi/c1-5-10-16-11-9-12-17(13-6-2,14-7-3)15-8-4/h5H,1,6-12H2,2-4H3. The van der Waals surface area contributed by atoms with Crippen LogP contribution in [-0.2, 0) is 13.3 Å². The zero-order valence-electron chi connectivity index (χ0n) is 11.4. The van der Waals surface area contributed by atoms with Crippen molar-refractivity contribution >= 4 is 20.6 Å². The van der Waals surface area contributed by atoms with E-state index in [9.17, 15) is 0 Å². The lowest BCUT2D eigenvalue weighted by Gasteiger charge is -2.28. The highest BCUT2D eigenvalue weighted by Gasteiger charge is 2.39. The number of hydrogen-bond acceptors (Lipinski definition) is 4. The first-order valence-electron chi connectivity index (χ1n) is 6.35. The summed E-state index contributed by atoms with van der Waals surface area (Å²) in [5, 5.41) is 0. The van der Waals surface area contributed by atoms with Crippen molar-refractivity contribution in [3.8, 4) is 0 Å². The first kappa shape index (κ1) is 17.2. The van der Waals surface area contributed by atoms with Gasteiger partial charge in [0.15, 0.2) is 0 Å². The van der Waals surface area contributed by atoms with Gasteiger partial charge in [0.2, 0.25) is 0 Å². The van der Waals surface area contributed by atoms with Crippen molar-refractivity contribution in [2.75, 3.05) is 31.3 Å². The van der Waals surface area contributed by atoms with Gasteiger partial charge < -0.3 is 13.3 Å². The Bertz CT molecular complexity index is 174. The highest BCUT2D eigenvalue weighted by molar-refractivity contribution is 7.99. The van der Waals surface area contributed by atoms with Gasteiger partial charge in [0.25, 0.3) is 0 Å². The Morgan fingerprint density at radius 1 is 1.06 bits per heavy atom. The minimum Gasteiger partial charge on any atom is -0.374 e. The van der Waals surface area contributed by atoms with Crippen LogP contribution in [0.5, 0.6) is 0 Å². The van der Waals surface area contributed by atoms with Gasteiger partial charge in [0.05, 0.1) is 0 Å². The normalized spacial score (nSPS) is 11.7. The molecule has 5 heteroatoms. The fourth-order valence-electron chi connectivity index (χ4n) is 1.56. The lowest BCUT2D eigenvalue weighted by atomic mass is 10.6. The third-order valence-corrected chi connectivity index (χ3v) is 6.30. The predicted octanol–water partition coefficient (Wildman–Crippen LogP) is 3.34. The summed E-state index contributed by atoms with van der Waals surface area (Å²) in [5.41, 5.74) is 0. The second-order valence-electron chi connectivity index (χ2n) is 3.45. The third kappa shape index (κ3) is 7.99. The Hall–Kier alpha value is 0.187. The van der Waals surface area contributed by atoms with E-state index >= 15 is 0 Å². The van der Waals surface area contributed by atoms with E-state index in [2.05, 4.69) is 6.58 Å². The largest absolute Gasteiger partial charge is 0.500 e. The van der Waals surface area contributed by atoms with Crippen molar-refractivity contribution in [3.63, 3.8) is 0 Å². The fourth-order valence-corrected chi connectivity index (χ4v) is 5.11. The molecule has 0 radical (unpaired) electrons. The molecular weight excluding hydrogens is 252 g/mol. The molecule has 0 saturated heterocycles. The summed E-state index contributed by atoms with van der Waals surface area (Å²) in [6, 6.07) is 0.909. The molecule has 0 aromatic carbocycles. The van der Waals surface area contributed by atoms with Crippen LogP contribution >= 0.6 is 11.8 Å². The molecule has 0 spiro atoms. The summed E-state index contributed by atoms with van der Waals surface area (Å²) in [6.07, 6.45) is 3.01. The molecule has 0 rings (SSSR count). The smallest absolute Gasteiger partial charge is 0.374 e. The van der Waals surface area contributed by atoms with Gasteiger partial charge in [-0.3, -0.25) is 0 Å². The van der Waals surface area contributed by atoms with E-state index in [0.29, 0.717) is 19.8 Å². The van der Waals surface area contributed by atoms with Crippen molar-refractivity contribution in [2.45, 2.75) is 33.2 Å². The van der Waals surface area contributed by atoms with Crippen molar-refractivity contribution in [2.24, 2.45) is 0 Å². The van der Waals surface area contributed by atoms with Crippen molar-refractivity contribution < 1.29 is 13.3 Å². The van der Waals surface area contributed by atoms with Gasteiger partial charge in [-0.2, -0.15) is 11.8 Å². The maximum absolute atomic E-state index is 5.78. The molecule has 0 bridgehead atoms. The van der Waals surface area contributed by atoms with Crippen LogP contribution < -0.4 is 0 Å². The maximum Gasteiger partial charge on any atom is 0.500 e. The summed E-state index contributed by atoms with van der Waals surface area (Å²) in [6.45, 7) is 11.7. The van der Waals surface area contributed by atoms with Crippen LogP contribution in [0, 0.1) is 0 Å². The molecule has 0 aliphatic heterocycles. The maximum atomic E-state index is 5.78. The molecule has 0 N–H and O–H groups in total. The molecule has 0 unspecified atom stereocenters. The van der Waals surface area contributed by atoms with Gasteiger partial charge in [0, 0.05) is 31.6 Å². The van der Waals surface area contributed by atoms with E-state index in [1.807, 2.05) is 38.6 Å². The number of thioether (sulfide) groups is 1. The molecule has 0 amide bonds. The Labute approximate surface area is 111 Å². The molecule has 0 aromatic heterocycles. The zero-order chi connectivity index (χ0) is 13.0. The topological polar surface area (TPSA) is 27.7 Å². The second kappa shape index (κ2) is 11.3. The van der Waals surface area contributed by atoms with E-state index in [1.165, 1.54) is 0 Å². The van der Waals surface area contributed by atoms with Crippen molar-refractivity contribution in [1.82, 2.24) is 0 Å². The van der Waals surface area contributed by atoms with Crippen LogP contribution in [0.25, 0.3) is 0 Å². The monoisotopic (exact) mass is 278 g/mol. The molecule has 3 nitrogen and oxygen atoms in total. The summed E-state index contributed by atoms with van der Waals surface area (Å²) >= 11 is 1.89. The molecule has 17 heavy (non-hydrogen) atoms. The second-order valence-corrected chi connectivity index (χ2v) is 7.33. The van der Waals surface area contributed by atoms with Gasteiger partial charge in [-0.1, -0.05) is 6.08 Å². The molecule has 0 heterocycles. The molecule has 0 aliphatic rings. The van der Waals surface area contributed by atoms with Crippen LogP contribution in [0.2, 0.25) is 6.04 Å². The molecule has 0 atom stereocenters. The summed E-state index contributed by atoms with van der Waals surface area (Å²) in [5.74, 6) is 2.11. The van der Waals surface area contributed by atoms with E-state index in [-0.39, 0.29) is 0 Å². The minimum atomic E-state index is -2.39. The summed E-state index contributed by atoms with van der Waals surface area (Å²) in [7, 11) is -2.39. The SMILES string of the molecule is C=CCSCCC[Si](OCC)(OCC)OCC. The Morgan fingerprint density at radius 2 is 1.59 bits per heavy atom. The van der Waals surface area contributed by atoms with E-state index in [0.717, 1.165) is 24.0 Å². The summed E-state index contributed by atoms with van der Waals surface area (Å²) in [4.78, 5) is 0. The van der Waals surface area contributed by atoms with Crippen LogP contribution in [0.15, 0.2) is 12.7 Å². The first-order chi connectivity index (χ1) is 8.24. The van der Waals surface area contributed by atoms with E-state index in [1.54, 1.807) is 0 Å². The molecule has 102 valence electrons. The van der Waals surface area contributed by atoms with Gasteiger partial charge in [-0.25, -0.2) is 0 Å². The highest BCUT2D eigenvalue weighted by Crippen LogP contribution is 2.19. The lowest BCUT2D eigenvalue weighted by molar-refractivity contribution is 0.0712. The summed E-state index contributed by atoms with van der Waals surface area (Å²) < 4.78 is 17.3. The molecular formula is C12H26O3SSi. The predicted molar refractivity (Wildman–Crippen MR) is 77.6 cm³/mol. The molecule has 0 aromatic rings. The number of hydrogen-bond donors (Lipinski definition) is 0. The Kier molecular flexibility index (Phi) is 11.4. The van der Waals surface area contributed by atoms with Gasteiger partial charge in [0.1, 0.15) is 0 Å². The fraction of sp³-hybridized carbons (Fsp3) is 0.833. The molecule has 0 saturated carbocycles. The van der Waals surface area contributed by atoms with E-state index < -0.39 is 8.80 Å². The Morgan fingerprint density at radius 3 is 2.00 bits per heavy atom. The molecule has 0 fully saturated rings. The van der Waals surface area contributed by atoms with Crippen molar-refractivity contribution in [1.29, 1.82) is 0 Å². The number of rotatable bonds is 12. The van der Waals surface area contributed by atoms with Crippen LogP contribution in [0.3, 0.4) is 0 Å². The zero-order valence-corrected chi connectivity index (χ0v) is 13.2. The van der Waals surface area contributed by atoms with Crippen LogP contribution in [0.4, 0.5) is 0 Å².